The van der Waals surface area contributed by atoms with Crippen molar-refractivity contribution in [3.63, 3.8) is 0 Å². The number of nitriles is 1. The number of hydrogen-bond acceptors (Lipinski definition) is 7. The van der Waals surface area contributed by atoms with Crippen LogP contribution in [0.2, 0.25) is 0 Å². The van der Waals surface area contributed by atoms with Gasteiger partial charge in [0.1, 0.15) is 0 Å². The Kier molecular flexibility index (Phi) is 6.42. The third-order valence-corrected chi connectivity index (χ3v) is 6.58. The molecule has 4 rings (SSSR count). The number of aromatic nitrogens is 1. The normalized spacial score (nSPS) is 13.8. The SMILES string of the molecule is Cc1nc(N2CCOCC2)sc1C(=O)c1cc(C#N)ccc1-c1ccc(CCN)cc1. The van der Waals surface area contributed by atoms with Crippen molar-refractivity contribution in [3.05, 3.63) is 69.7 Å². The molecule has 0 spiro atoms. The number of rotatable bonds is 6. The van der Waals surface area contributed by atoms with Crippen LogP contribution in [0.5, 0.6) is 0 Å². The van der Waals surface area contributed by atoms with E-state index in [1.165, 1.54) is 11.3 Å². The van der Waals surface area contributed by atoms with E-state index in [0.29, 0.717) is 41.5 Å². The molecule has 3 aromatic rings. The number of ketones is 1. The minimum atomic E-state index is -0.104. The highest BCUT2D eigenvalue weighted by molar-refractivity contribution is 7.17. The highest BCUT2D eigenvalue weighted by Crippen LogP contribution is 2.32. The summed E-state index contributed by atoms with van der Waals surface area (Å²) in [6, 6.07) is 15.5. The van der Waals surface area contributed by atoms with Crippen molar-refractivity contribution in [1.29, 1.82) is 5.26 Å². The van der Waals surface area contributed by atoms with Crippen molar-refractivity contribution < 1.29 is 9.53 Å². The van der Waals surface area contributed by atoms with Gasteiger partial charge in [-0.05, 0) is 48.7 Å². The lowest BCUT2D eigenvalue weighted by molar-refractivity contribution is 0.104. The van der Waals surface area contributed by atoms with Crippen molar-refractivity contribution in [3.8, 4) is 17.2 Å². The number of carbonyl (C=O) groups excluding carboxylic acids is 1. The maximum atomic E-state index is 13.6. The van der Waals surface area contributed by atoms with Gasteiger partial charge in [0.05, 0.1) is 35.4 Å². The molecule has 0 bridgehead atoms. The fraction of sp³-hybridized carbons (Fsp3) is 0.292. The zero-order valence-electron chi connectivity index (χ0n) is 17.4. The molecular weight excluding hydrogens is 408 g/mol. The van der Waals surface area contributed by atoms with E-state index in [1.54, 1.807) is 12.1 Å². The molecule has 6 nitrogen and oxygen atoms in total. The second kappa shape index (κ2) is 9.40. The minimum absolute atomic E-state index is 0.104. The van der Waals surface area contributed by atoms with Gasteiger partial charge in [0, 0.05) is 18.7 Å². The Morgan fingerprint density at radius 3 is 2.65 bits per heavy atom. The van der Waals surface area contributed by atoms with Crippen molar-refractivity contribution in [2.75, 3.05) is 37.7 Å². The van der Waals surface area contributed by atoms with Gasteiger partial charge in [-0.2, -0.15) is 5.26 Å². The third kappa shape index (κ3) is 4.52. The van der Waals surface area contributed by atoms with Crippen molar-refractivity contribution in [2.45, 2.75) is 13.3 Å². The number of hydrogen-bond donors (Lipinski definition) is 1. The van der Waals surface area contributed by atoms with Crippen LogP contribution in [0, 0.1) is 18.3 Å². The molecule has 1 aliphatic rings. The maximum Gasteiger partial charge on any atom is 0.205 e. The molecule has 0 saturated carbocycles. The molecule has 158 valence electrons. The molecule has 1 saturated heterocycles. The van der Waals surface area contributed by atoms with E-state index < -0.39 is 0 Å². The van der Waals surface area contributed by atoms with Crippen molar-refractivity contribution in [1.82, 2.24) is 4.98 Å². The summed E-state index contributed by atoms with van der Waals surface area (Å²) in [4.78, 5) is 21.0. The number of anilines is 1. The fourth-order valence-corrected chi connectivity index (χ4v) is 4.75. The molecule has 0 amide bonds. The van der Waals surface area contributed by atoms with E-state index in [2.05, 4.69) is 16.0 Å². The van der Waals surface area contributed by atoms with Crippen LogP contribution in [0.4, 0.5) is 5.13 Å². The van der Waals surface area contributed by atoms with Crippen molar-refractivity contribution in [2.24, 2.45) is 5.73 Å². The summed E-state index contributed by atoms with van der Waals surface area (Å²) >= 11 is 1.41. The molecule has 0 aliphatic carbocycles. The number of benzene rings is 2. The molecule has 2 heterocycles. The Morgan fingerprint density at radius 1 is 1.23 bits per heavy atom. The third-order valence-electron chi connectivity index (χ3n) is 5.36. The van der Waals surface area contributed by atoms with Gasteiger partial charge in [0.15, 0.2) is 5.13 Å². The Balaban J connectivity index is 1.72. The smallest absolute Gasteiger partial charge is 0.205 e. The second-order valence-corrected chi connectivity index (χ2v) is 8.42. The maximum absolute atomic E-state index is 13.6. The van der Waals surface area contributed by atoms with Gasteiger partial charge in [0.25, 0.3) is 0 Å². The first-order chi connectivity index (χ1) is 15.1. The lowest BCUT2D eigenvalue weighted by atomic mass is 9.93. The summed E-state index contributed by atoms with van der Waals surface area (Å²) in [5.41, 5.74) is 10.2. The van der Waals surface area contributed by atoms with Crippen LogP contribution in [0.3, 0.4) is 0 Å². The predicted octanol–water partition coefficient (Wildman–Crippen LogP) is 3.56. The molecule has 7 heteroatoms. The van der Waals surface area contributed by atoms with E-state index in [1.807, 2.05) is 37.3 Å². The van der Waals surface area contributed by atoms with Gasteiger partial charge < -0.3 is 15.4 Å². The molecule has 1 fully saturated rings. The zero-order chi connectivity index (χ0) is 21.8. The van der Waals surface area contributed by atoms with Gasteiger partial charge in [0.2, 0.25) is 5.78 Å². The monoisotopic (exact) mass is 432 g/mol. The molecular formula is C24H24N4O2S. The molecule has 1 aliphatic heterocycles. The molecule has 2 N–H and O–H groups in total. The summed E-state index contributed by atoms with van der Waals surface area (Å²) in [6.45, 7) is 5.32. The summed E-state index contributed by atoms with van der Waals surface area (Å²) in [5.74, 6) is -0.104. The lowest BCUT2D eigenvalue weighted by Gasteiger charge is -2.26. The fourth-order valence-electron chi connectivity index (χ4n) is 3.68. The van der Waals surface area contributed by atoms with Gasteiger partial charge in [-0.1, -0.05) is 41.7 Å². The Bertz CT molecular complexity index is 1130. The van der Waals surface area contributed by atoms with E-state index in [0.717, 1.165) is 41.3 Å². The van der Waals surface area contributed by atoms with E-state index in [9.17, 15) is 10.1 Å². The first-order valence-electron chi connectivity index (χ1n) is 10.3. The first kappa shape index (κ1) is 21.2. The first-order valence-corrected chi connectivity index (χ1v) is 11.1. The number of nitrogens with two attached hydrogens (primary N) is 1. The molecule has 0 atom stereocenters. The Labute approximate surface area is 185 Å². The van der Waals surface area contributed by atoms with Gasteiger partial charge >= 0.3 is 0 Å². The van der Waals surface area contributed by atoms with Crippen LogP contribution in [0.15, 0.2) is 42.5 Å². The average Bonchev–Trinajstić information content (AvgIpc) is 3.21. The number of aryl methyl sites for hydroxylation is 1. The summed E-state index contributed by atoms with van der Waals surface area (Å²) in [6.07, 6.45) is 0.809. The average molecular weight is 433 g/mol. The molecule has 1 aromatic heterocycles. The Morgan fingerprint density at radius 2 is 1.97 bits per heavy atom. The largest absolute Gasteiger partial charge is 0.378 e. The molecule has 2 aromatic carbocycles. The summed E-state index contributed by atoms with van der Waals surface area (Å²) < 4.78 is 5.42. The number of ether oxygens (including phenoxy) is 1. The number of thiazole rings is 1. The highest BCUT2D eigenvalue weighted by Gasteiger charge is 2.23. The standard InChI is InChI=1S/C24H24N4O2S/c1-16-23(31-24(27-16)28-10-12-30-13-11-28)22(29)21-14-18(15-26)4-7-20(21)19-5-2-17(3-6-19)8-9-25/h2-7,14H,8-13,25H2,1H3. The van der Waals surface area contributed by atoms with E-state index in [4.69, 9.17) is 10.5 Å². The number of carbonyl (C=O) groups is 1. The zero-order valence-corrected chi connectivity index (χ0v) is 18.2. The van der Waals surface area contributed by atoms with Crippen LogP contribution in [0.1, 0.15) is 32.1 Å². The van der Waals surface area contributed by atoms with Crippen LogP contribution in [-0.4, -0.2) is 43.6 Å². The van der Waals surface area contributed by atoms with Crippen LogP contribution >= 0.6 is 11.3 Å². The van der Waals surface area contributed by atoms with Crippen LogP contribution < -0.4 is 10.6 Å². The van der Waals surface area contributed by atoms with E-state index >= 15 is 0 Å². The molecule has 0 unspecified atom stereocenters. The predicted molar refractivity (Wildman–Crippen MR) is 123 cm³/mol. The van der Waals surface area contributed by atoms with Crippen molar-refractivity contribution >= 4 is 22.3 Å². The molecule has 0 radical (unpaired) electrons. The molecule has 31 heavy (non-hydrogen) atoms. The Hall–Kier alpha value is -3.05. The summed E-state index contributed by atoms with van der Waals surface area (Å²) in [5, 5.41) is 10.2. The second-order valence-electron chi connectivity index (χ2n) is 7.45. The van der Waals surface area contributed by atoms with Gasteiger partial charge in [-0.25, -0.2) is 4.98 Å². The highest BCUT2D eigenvalue weighted by atomic mass is 32.1. The minimum Gasteiger partial charge on any atom is -0.378 e. The topological polar surface area (TPSA) is 92.2 Å². The number of morpholine rings is 1. The lowest BCUT2D eigenvalue weighted by Crippen LogP contribution is -2.36. The van der Waals surface area contributed by atoms with E-state index in [-0.39, 0.29) is 5.78 Å². The van der Waals surface area contributed by atoms with Gasteiger partial charge in [-0.3, -0.25) is 4.79 Å². The van der Waals surface area contributed by atoms with Crippen LogP contribution in [-0.2, 0) is 11.2 Å². The number of nitrogens with zero attached hydrogens (tertiary/aromatic N) is 3. The quantitative estimate of drug-likeness (QED) is 0.599. The van der Waals surface area contributed by atoms with Crippen LogP contribution in [0.25, 0.3) is 11.1 Å². The summed E-state index contributed by atoms with van der Waals surface area (Å²) in [7, 11) is 0. The van der Waals surface area contributed by atoms with Gasteiger partial charge in [-0.15, -0.1) is 0 Å².